The number of aliphatic hydroxyl groups excluding tert-OH is 1. The van der Waals surface area contributed by atoms with Gasteiger partial charge in [0.15, 0.2) is 0 Å². The molecule has 2 heterocycles. The van der Waals surface area contributed by atoms with Crippen molar-refractivity contribution in [2.75, 3.05) is 19.7 Å². The topological polar surface area (TPSA) is 84.1 Å². The van der Waals surface area contributed by atoms with Gasteiger partial charge in [-0.25, -0.2) is 4.68 Å². The number of carbonyl (C=O) groups excluding carboxylic acids is 1. The number of carbonyl (C=O) groups is 1. The highest BCUT2D eigenvalue weighted by Crippen LogP contribution is 2.51. The zero-order valence-corrected chi connectivity index (χ0v) is 12.0. The molecule has 4 rings (SSSR count). The van der Waals surface area contributed by atoms with Crippen LogP contribution in [-0.2, 0) is 11.2 Å². The van der Waals surface area contributed by atoms with E-state index >= 15 is 0 Å². The number of benzene rings is 1. The molecule has 1 saturated heterocycles. The molecule has 114 valence electrons. The van der Waals surface area contributed by atoms with Crippen molar-refractivity contribution < 1.29 is 9.90 Å². The van der Waals surface area contributed by atoms with Crippen LogP contribution in [0.15, 0.2) is 30.6 Å². The van der Waals surface area contributed by atoms with Gasteiger partial charge < -0.3 is 10.0 Å². The van der Waals surface area contributed by atoms with Gasteiger partial charge in [-0.3, -0.25) is 4.79 Å². The molecule has 2 aromatic rings. The maximum absolute atomic E-state index is 12.3. The highest BCUT2D eigenvalue weighted by molar-refractivity contribution is 5.79. The zero-order valence-electron chi connectivity index (χ0n) is 12.0. The molecular weight excluding hydrogens is 282 g/mol. The van der Waals surface area contributed by atoms with Crippen LogP contribution >= 0.6 is 0 Å². The highest BCUT2D eigenvalue weighted by Gasteiger charge is 2.55. The summed E-state index contributed by atoms with van der Waals surface area (Å²) in [6, 6.07) is 7.68. The van der Waals surface area contributed by atoms with Crippen LogP contribution in [0.5, 0.6) is 0 Å². The molecule has 2 fully saturated rings. The van der Waals surface area contributed by atoms with E-state index in [9.17, 15) is 4.79 Å². The Bertz CT molecular complexity index is 658. The van der Waals surface area contributed by atoms with Gasteiger partial charge in [0.05, 0.1) is 12.1 Å². The smallest absolute Gasteiger partial charge is 0.227 e. The number of hydrogen-bond acceptors (Lipinski definition) is 5. The number of aliphatic hydroxyl groups is 1. The van der Waals surface area contributed by atoms with Crippen LogP contribution in [0.1, 0.15) is 5.56 Å². The fourth-order valence-electron chi connectivity index (χ4n) is 3.46. The van der Waals surface area contributed by atoms with E-state index in [1.807, 2.05) is 29.2 Å². The Labute approximate surface area is 127 Å². The molecule has 1 amide bonds. The lowest BCUT2D eigenvalue weighted by Crippen LogP contribution is -2.33. The largest absolute Gasteiger partial charge is 0.396 e. The molecule has 0 bridgehead atoms. The molecule has 1 N–H and O–H groups in total. The monoisotopic (exact) mass is 299 g/mol. The number of fused-ring (bicyclic) bond motifs is 1. The van der Waals surface area contributed by atoms with Gasteiger partial charge in [0.2, 0.25) is 5.91 Å². The van der Waals surface area contributed by atoms with Crippen molar-refractivity contribution in [3.05, 3.63) is 36.2 Å². The van der Waals surface area contributed by atoms with E-state index in [0.29, 0.717) is 24.2 Å². The Morgan fingerprint density at radius 3 is 2.55 bits per heavy atom. The first-order valence-electron chi connectivity index (χ1n) is 7.47. The van der Waals surface area contributed by atoms with Crippen molar-refractivity contribution in [3.63, 3.8) is 0 Å². The van der Waals surface area contributed by atoms with Crippen molar-refractivity contribution in [2.24, 2.45) is 17.8 Å². The van der Waals surface area contributed by atoms with E-state index in [4.69, 9.17) is 5.11 Å². The minimum Gasteiger partial charge on any atom is -0.396 e. The van der Waals surface area contributed by atoms with Crippen molar-refractivity contribution >= 4 is 5.91 Å². The summed E-state index contributed by atoms with van der Waals surface area (Å²) in [5, 5.41) is 20.2. The van der Waals surface area contributed by atoms with Gasteiger partial charge in [0.1, 0.15) is 6.33 Å². The van der Waals surface area contributed by atoms with E-state index in [2.05, 4.69) is 15.5 Å². The minimum absolute atomic E-state index is 0.166. The molecule has 1 aliphatic heterocycles. The van der Waals surface area contributed by atoms with Gasteiger partial charge >= 0.3 is 0 Å². The molecule has 22 heavy (non-hydrogen) atoms. The van der Waals surface area contributed by atoms with Crippen LogP contribution in [-0.4, -0.2) is 55.8 Å². The van der Waals surface area contributed by atoms with Crippen LogP contribution in [0.25, 0.3) is 5.69 Å². The van der Waals surface area contributed by atoms with Crippen LogP contribution < -0.4 is 0 Å². The van der Waals surface area contributed by atoms with Gasteiger partial charge in [0.25, 0.3) is 0 Å². The molecule has 1 aromatic carbocycles. The first-order chi connectivity index (χ1) is 10.8. The summed E-state index contributed by atoms with van der Waals surface area (Å²) in [6.07, 6.45) is 1.95. The Hall–Kier alpha value is -2.28. The molecule has 7 nitrogen and oxygen atoms in total. The number of piperidine rings is 1. The molecule has 0 spiro atoms. The molecule has 7 heteroatoms. The predicted octanol–water partition coefficient (Wildman–Crippen LogP) is -0.0985. The van der Waals surface area contributed by atoms with Gasteiger partial charge in [-0.15, -0.1) is 5.10 Å². The summed E-state index contributed by atoms with van der Waals surface area (Å²) in [5.41, 5.74) is 1.86. The average Bonchev–Trinajstić information content (AvgIpc) is 2.96. The predicted molar refractivity (Wildman–Crippen MR) is 77.0 cm³/mol. The second kappa shape index (κ2) is 5.17. The van der Waals surface area contributed by atoms with Crippen LogP contribution in [0.2, 0.25) is 0 Å². The number of aromatic nitrogens is 4. The summed E-state index contributed by atoms with van der Waals surface area (Å²) >= 11 is 0. The summed E-state index contributed by atoms with van der Waals surface area (Å²) in [4.78, 5) is 14.2. The van der Waals surface area contributed by atoms with E-state index in [1.165, 1.54) is 6.33 Å². The van der Waals surface area contributed by atoms with Crippen molar-refractivity contribution in [1.82, 2.24) is 25.1 Å². The molecule has 2 atom stereocenters. The molecule has 0 radical (unpaired) electrons. The number of rotatable bonds is 4. The highest BCUT2D eigenvalue weighted by atomic mass is 16.3. The van der Waals surface area contributed by atoms with Crippen molar-refractivity contribution in [3.8, 4) is 5.69 Å². The number of likely N-dealkylation sites (tertiary alicyclic amines) is 1. The fraction of sp³-hybridized carbons (Fsp3) is 0.467. The van der Waals surface area contributed by atoms with E-state index in [1.54, 1.807) is 4.68 Å². The third-order valence-electron chi connectivity index (χ3n) is 4.84. The lowest BCUT2D eigenvalue weighted by molar-refractivity contribution is -0.130. The molecule has 1 saturated carbocycles. The number of nitrogens with zero attached hydrogens (tertiary/aromatic N) is 5. The number of amides is 1. The quantitative estimate of drug-likeness (QED) is 0.852. The van der Waals surface area contributed by atoms with Gasteiger partial charge in [-0.1, -0.05) is 12.1 Å². The van der Waals surface area contributed by atoms with Gasteiger partial charge in [-0.2, -0.15) is 0 Å². The Morgan fingerprint density at radius 1 is 1.23 bits per heavy atom. The average molecular weight is 299 g/mol. The normalized spacial score (nSPS) is 26.0. The maximum atomic E-state index is 12.3. The SMILES string of the molecule is O=C(Cc1ccc(-n2cnnn2)cc1)N1CC2C(CO)C2C1. The number of tetrazole rings is 1. The molecule has 1 aromatic heterocycles. The first-order valence-corrected chi connectivity index (χ1v) is 7.47. The Balaban J connectivity index is 1.37. The van der Waals surface area contributed by atoms with Gasteiger partial charge in [0, 0.05) is 19.7 Å². The third kappa shape index (κ3) is 2.27. The summed E-state index contributed by atoms with van der Waals surface area (Å²) < 4.78 is 1.58. The van der Waals surface area contributed by atoms with E-state index in [0.717, 1.165) is 24.3 Å². The second-order valence-corrected chi connectivity index (χ2v) is 6.07. The van der Waals surface area contributed by atoms with E-state index in [-0.39, 0.29) is 12.5 Å². The number of hydrogen-bond donors (Lipinski definition) is 1. The van der Waals surface area contributed by atoms with Crippen molar-refractivity contribution in [2.45, 2.75) is 6.42 Å². The first kappa shape index (κ1) is 13.4. The fourth-order valence-corrected chi connectivity index (χ4v) is 3.46. The molecule has 2 aliphatic rings. The lowest BCUT2D eigenvalue weighted by atomic mass is 10.1. The summed E-state index contributed by atoms with van der Waals surface area (Å²) in [6.45, 7) is 1.87. The Morgan fingerprint density at radius 2 is 1.95 bits per heavy atom. The standard InChI is InChI=1S/C15H17N5O2/c21-8-14-12-6-19(7-13(12)14)15(22)5-10-1-3-11(4-2-10)20-9-16-17-18-20/h1-4,9,12-14,21H,5-8H2. The summed E-state index contributed by atoms with van der Waals surface area (Å²) in [5.74, 6) is 1.64. The van der Waals surface area contributed by atoms with Crippen LogP contribution in [0.3, 0.4) is 0 Å². The second-order valence-electron chi connectivity index (χ2n) is 6.07. The lowest BCUT2D eigenvalue weighted by Gasteiger charge is -2.19. The van der Waals surface area contributed by atoms with Crippen LogP contribution in [0, 0.1) is 17.8 Å². The Kier molecular flexibility index (Phi) is 3.15. The molecular formula is C15H17N5O2. The molecule has 2 unspecified atom stereocenters. The maximum Gasteiger partial charge on any atom is 0.227 e. The van der Waals surface area contributed by atoms with Crippen LogP contribution in [0.4, 0.5) is 0 Å². The minimum atomic E-state index is 0.166. The molecule has 1 aliphatic carbocycles. The van der Waals surface area contributed by atoms with Crippen molar-refractivity contribution in [1.29, 1.82) is 0 Å². The van der Waals surface area contributed by atoms with Gasteiger partial charge in [-0.05, 0) is 45.9 Å². The third-order valence-corrected chi connectivity index (χ3v) is 4.84. The zero-order chi connectivity index (χ0) is 15.1. The summed E-state index contributed by atoms with van der Waals surface area (Å²) in [7, 11) is 0. The van der Waals surface area contributed by atoms with E-state index < -0.39 is 0 Å².